The van der Waals surface area contributed by atoms with Gasteiger partial charge in [0.25, 0.3) is 0 Å². The maximum absolute atomic E-state index is 12.6. The van der Waals surface area contributed by atoms with Gasteiger partial charge in [-0.15, -0.1) is 0 Å². The zero-order valence-corrected chi connectivity index (χ0v) is 21.2. The minimum Gasteiger partial charge on any atom is -0.481 e. The van der Waals surface area contributed by atoms with Crippen molar-refractivity contribution in [2.45, 2.75) is 109 Å². The average molecular weight is 489 g/mol. The van der Waals surface area contributed by atoms with Crippen LogP contribution in [0.1, 0.15) is 67.2 Å². The first-order valence-corrected chi connectivity index (χ1v) is 11.7. The molecule has 2 aliphatic heterocycles. The van der Waals surface area contributed by atoms with Gasteiger partial charge in [0, 0.05) is 32.4 Å². The number of hydrogen-bond donors (Lipinski definition) is 3. The third kappa shape index (κ3) is 8.37. The zero-order chi connectivity index (χ0) is 25.7. The first-order valence-electron chi connectivity index (χ1n) is 11.7. The number of alkyl carbamates (subject to hydrolysis) is 1. The summed E-state index contributed by atoms with van der Waals surface area (Å²) in [5.41, 5.74) is -0.693. The Kier molecular flexibility index (Phi) is 9.70. The molecule has 6 atom stereocenters. The lowest BCUT2D eigenvalue weighted by molar-refractivity contribution is -0.243. The van der Waals surface area contributed by atoms with Gasteiger partial charge in [0.15, 0.2) is 12.1 Å². The van der Waals surface area contributed by atoms with Crippen LogP contribution in [-0.4, -0.2) is 78.8 Å². The van der Waals surface area contributed by atoms with Crippen molar-refractivity contribution in [3.63, 3.8) is 0 Å². The van der Waals surface area contributed by atoms with Crippen LogP contribution in [0.5, 0.6) is 0 Å². The van der Waals surface area contributed by atoms with E-state index in [-0.39, 0.29) is 43.7 Å². The molecule has 0 aromatic rings. The molecular formula is C23H40N2O9. The molecule has 0 radical (unpaired) electrons. The van der Waals surface area contributed by atoms with Gasteiger partial charge in [-0.1, -0.05) is 6.92 Å². The summed E-state index contributed by atoms with van der Waals surface area (Å²) in [5.74, 6) is -2.19. The molecule has 0 aromatic carbocycles. The van der Waals surface area contributed by atoms with E-state index in [0.717, 1.165) is 0 Å². The molecule has 0 aromatic heterocycles. The predicted molar refractivity (Wildman–Crippen MR) is 121 cm³/mol. The van der Waals surface area contributed by atoms with Crippen molar-refractivity contribution in [2.24, 2.45) is 5.92 Å². The molecule has 1 unspecified atom stereocenters. The van der Waals surface area contributed by atoms with Crippen molar-refractivity contribution in [1.82, 2.24) is 10.6 Å². The SMILES string of the molecule is CO[C@@H]1[C@H]2OC(C)(C)O[C@H]2OC([C@@H](CCC(=O)NCCCC(=O)O)NC(=O)OC(C)(C)C)[C@H]1C. The largest absolute Gasteiger partial charge is 0.481 e. The van der Waals surface area contributed by atoms with E-state index in [0.29, 0.717) is 6.42 Å². The Labute approximate surface area is 201 Å². The number of aliphatic carboxylic acids is 1. The van der Waals surface area contributed by atoms with E-state index in [1.807, 2.05) is 6.92 Å². The Morgan fingerprint density at radius 2 is 1.82 bits per heavy atom. The fourth-order valence-corrected chi connectivity index (χ4v) is 4.28. The van der Waals surface area contributed by atoms with Crippen LogP contribution in [0.2, 0.25) is 0 Å². The molecule has 2 fully saturated rings. The van der Waals surface area contributed by atoms with E-state index < -0.39 is 48.0 Å². The molecule has 0 saturated carbocycles. The summed E-state index contributed by atoms with van der Waals surface area (Å²) in [6.45, 7) is 11.1. The van der Waals surface area contributed by atoms with E-state index in [1.165, 1.54) is 0 Å². The fourth-order valence-electron chi connectivity index (χ4n) is 4.28. The highest BCUT2D eigenvalue weighted by atomic mass is 16.8. The van der Waals surface area contributed by atoms with Crippen molar-refractivity contribution >= 4 is 18.0 Å². The fraction of sp³-hybridized carbons (Fsp3) is 0.870. The quantitative estimate of drug-likeness (QED) is 0.394. The van der Waals surface area contributed by atoms with Crippen molar-refractivity contribution < 1.29 is 43.2 Å². The van der Waals surface area contributed by atoms with Crippen LogP contribution in [0.4, 0.5) is 4.79 Å². The molecule has 34 heavy (non-hydrogen) atoms. The highest BCUT2D eigenvalue weighted by Crippen LogP contribution is 2.40. The number of carbonyl (C=O) groups excluding carboxylic acids is 2. The smallest absolute Gasteiger partial charge is 0.407 e. The van der Waals surface area contributed by atoms with Crippen LogP contribution in [0.15, 0.2) is 0 Å². The van der Waals surface area contributed by atoms with Crippen molar-refractivity contribution in [1.29, 1.82) is 0 Å². The summed E-state index contributed by atoms with van der Waals surface area (Å²) in [7, 11) is 1.59. The van der Waals surface area contributed by atoms with Gasteiger partial charge in [-0.25, -0.2) is 4.79 Å². The number of nitrogens with one attached hydrogen (secondary N) is 2. The Morgan fingerprint density at radius 3 is 2.41 bits per heavy atom. The number of hydrogen-bond acceptors (Lipinski definition) is 8. The van der Waals surface area contributed by atoms with Crippen LogP contribution >= 0.6 is 0 Å². The number of methoxy groups -OCH3 is 1. The van der Waals surface area contributed by atoms with Gasteiger partial charge in [-0.05, 0) is 47.5 Å². The molecule has 0 aliphatic carbocycles. The maximum atomic E-state index is 12.6. The lowest BCUT2D eigenvalue weighted by Crippen LogP contribution is -2.59. The van der Waals surface area contributed by atoms with Crippen LogP contribution in [0.25, 0.3) is 0 Å². The van der Waals surface area contributed by atoms with Gasteiger partial charge in [-0.2, -0.15) is 0 Å². The monoisotopic (exact) mass is 488 g/mol. The van der Waals surface area contributed by atoms with Crippen molar-refractivity contribution in [3.8, 4) is 0 Å². The van der Waals surface area contributed by atoms with Crippen LogP contribution < -0.4 is 10.6 Å². The second kappa shape index (κ2) is 11.7. The number of fused-ring (bicyclic) bond motifs is 1. The van der Waals surface area contributed by atoms with Crippen molar-refractivity contribution in [3.05, 3.63) is 0 Å². The lowest BCUT2D eigenvalue weighted by Gasteiger charge is -2.44. The third-order valence-corrected chi connectivity index (χ3v) is 5.68. The van der Waals surface area contributed by atoms with Crippen LogP contribution in [0.3, 0.4) is 0 Å². The first kappa shape index (κ1) is 28.3. The molecule has 2 saturated heterocycles. The first-order chi connectivity index (χ1) is 15.7. The maximum Gasteiger partial charge on any atom is 0.407 e. The number of carboxylic acid groups (broad SMARTS) is 1. The van der Waals surface area contributed by atoms with Gasteiger partial charge in [-0.3, -0.25) is 9.59 Å². The molecule has 2 heterocycles. The highest BCUT2D eigenvalue weighted by Gasteiger charge is 2.55. The number of amides is 2. The van der Waals surface area contributed by atoms with Gasteiger partial charge >= 0.3 is 12.1 Å². The number of ether oxygens (including phenoxy) is 5. The Hall–Kier alpha value is -1.95. The Balaban J connectivity index is 2.10. The molecule has 11 nitrogen and oxygen atoms in total. The zero-order valence-electron chi connectivity index (χ0n) is 21.2. The Bertz CT molecular complexity index is 722. The van der Waals surface area contributed by atoms with Gasteiger partial charge in [0.1, 0.15) is 11.7 Å². The van der Waals surface area contributed by atoms with E-state index in [2.05, 4.69) is 10.6 Å². The summed E-state index contributed by atoms with van der Waals surface area (Å²) < 4.78 is 29.3. The second-order valence-electron chi connectivity index (χ2n) is 10.3. The molecule has 0 spiro atoms. The van der Waals surface area contributed by atoms with E-state index in [4.69, 9.17) is 28.8 Å². The average Bonchev–Trinajstić information content (AvgIpc) is 3.00. The summed E-state index contributed by atoms with van der Waals surface area (Å²) in [6, 6.07) is -0.569. The third-order valence-electron chi connectivity index (χ3n) is 5.68. The normalized spacial score (nSPS) is 29.1. The van der Waals surface area contributed by atoms with Gasteiger partial charge < -0.3 is 39.4 Å². The minimum atomic E-state index is -0.911. The molecule has 0 bridgehead atoms. The van der Waals surface area contributed by atoms with Crippen LogP contribution in [0, 0.1) is 5.92 Å². The molecule has 2 aliphatic rings. The molecule has 196 valence electrons. The van der Waals surface area contributed by atoms with E-state index in [1.54, 1.807) is 41.7 Å². The highest BCUT2D eigenvalue weighted by molar-refractivity contribution is 5.76. The van der Waals surface area contributed by atoms with E-state index in [9.17, 15) is 14.4 Å². The summed E-state index contributed by atoms with van der Waals surface area (Å²) >= 11 is 0. The summed E-state index contributed by atoms with van der Waals surface area (Å²) in [6.07, 6.45) is -1.90. The number of carbonyl (C=O) groups is 3. The molecule has 11 heteroatoms. The van der Waals surface area contributed by atoms with Crippen LogP contribution in [-0.2, 0) is 33.3 Å². The molecule has 2 rings (SSSR count). The number of rotatable bonds is 10. The van der Waals surface area contributed by atoms with E-state index >= 15 is 0 Å². The molecular weight excluding hydrogens is 448 g/mol. The number of carboxylic acids is 1. The summed E-state index contributed by atoms with van der Waals surface area (Å²) in [4.78, 5) is 35.6. The van der Waals surface area contributed by atoms with Gasteiger partial charge in [0.2, 0.25) is 5.91 Å². The second-order valence-corrected chi connectivity index (χ2v) is 10.3. The lowest BCUT2D eigenvalue weighted by atomic mass is 9.85. The predicted octanol–water partition coefficient (Wildman–Crippen LogP) is 2.17. The molecule has 2 amide bonds. The topological polar surface area (TPSA) is 142 Å². The Morgan fingerprint density at radius 1 is 1.15 bits per heavy atom. The summed E-state index contributed by atoms with van der Waals surface area (Å²) in [5, 5.41) is 14.3. The standard InChI is InChI=1S/C23H40N2O9/c1-13-17(31-20-19(18(13)30-7)32-23(5,6)33-20)14(25-21(29)34-22(2,3)4)10-11-15(26)24-12-8-9-16(27)28/h13-14,17-20H,8-12H2,1-7H3,(H,24,26)(H,25,29)(H,27,28)/t13-,14-,17?,18+,19-,20-/m1/s1. The van der Waals surface area contributed by atoms with Gasteiger partial charge in [0.05, 0.1) is 18.2 Å². The van der Waals surface area contributed by atoms with Crippen molar-refractivity contribution in [2.75, 3.05) is 13.7 Å². The molecule has 3 N–H and O–H groups in total. The minimum absolute atomic E-state index is 0.0179.